The molecule has 0 aliphatic carbocycles. The van der Waals surface area contributed by atoms with E-state index in [0.29, 0.717) is 17.2 Å². The number of nitrogens with one attached hydrogen (secondary N) is 1. The number of hydrogen-bond donors (Lipinski definition) is 2. The monoisotopic (exact) mass is 292 g/mol. The highest BCUT2D eigenvalue weighted by molar-refractivity contribution is 6.31. The lowest BCUT2D eigenvalue weighted by Crippen LogP contribution is -2.12. The first kappa shape index (κ1) is 14.3. The number of hydrogen-bond acceptors (Lipinski definition) is 2. The van der Waals surface area contributed by atoms with Crippen molar-refractivity contribution < 1.29 is 9.13 Å². The van der Waals surface area contributed by atoms with E-state index in [2.05, 4.69) is 0 Å². The molecule has 2 aromatic rings. The van der Waals surface area contributed by atoms with Crippen LogP contribution in [-0.4, -0.2) is 5.84 Å². The van der Waals surface area contributed by atoms with Gasteiger partial charge >= 0.3 is 0 Å². The van der Waals surface area contributed by atoms with Gasteiger partial charge in [0.25, 0.3) is 0 Å². The molecule has 3 N–H and O–H groups in total. The summed E-state index contributed by atoms with van der Waals surface area (Å²) in [7, 11) is 0. The van der Waals surface area contributed by atoms with Crippen LogP contribution in [0.4, 0.5) is 4.39 Å². The van der Waals surface area contributed by atoms with E-state index >= 15 is 0 Å². The number of rotatable bonds is 5. The summed E-state index contributed by atoms with van der Waals surface area (Å²) in [6, 6.07) is 11.5. The van der Waals surface area contributed by atoms with Gasteiger partial charge in [0.15, 0.2) is 0 Å². The van der Waals surface area contributed by atoms with Crippen molar-refractivity contribution in [1.82, 2.24) is 0 Å². The number of amidine groups is 1. The second kappa shape index (κ2) is 6.39. The van der Waals surface area contributed by atoms with E-state index in [1.54, 1.807) is 18.2 Å². The first-order valence-electron chi connectivity index (χ1n) is 6.03. The molecule has 0 fully saturated rings. The minimum atomic E-state index is -0.368. The van der Waals surface area contributed by atoms with Crippen molar-refractivity contribution in [3.63, 3.8) is 0 Å². The molecule has 0 radical (unpaired) electrons. The van der Waals surface area contributed by atoms with Crippen molar-refractivity contribution in [1.29, 1.82) is 5.41 Å². The second-order valence-electron chi connectivity index (χ2n) is 4.37. The van der Waals surface area contributed by atoms with Gasteiger partial charge in [0.2, 0.25) is 0 Å². The quantitative estimate of drug-likeness (QED) is 0.654. The van der Waals surface area contributed by atoms with Crippen LogP contribution in [0.2, 0.25) is 5.02 Å². The predicted octanol–water partition coefficient (Wildman–Crippen LogP) is 3.54. The Balaban J connectivity index is 1.98. The summed E-state index contributed by atoms with van der Waals surface area (Å²) in [5.41, 5.74) is 7.00. The average molecular weight is 293 g/mol. The number of benzene rings is 2. The van der Waals surface area contributed by atoms with Crippen molar-refractivity contribution in [2.24, 2.45) is 5.73 Å². The zero-order valence-corrected chi connectivity index (χ0v) is 11.5. The first-order valence-corrected chi connectivity index (χ1v) is 6.41. The summed E-state index contributed by atoms with van der Waals surface area (Å²) in [5.74, 6) is 0.432. The van der Waals surface area contributed by atoms with Crippen LogP contribution < -0.4 is 10.5 Å². The molecule has 2 rings (SSSR count). The van der Waals surface area contributed by atoms with Crippen molar-refractivity contribution in [3.05, 3.63) is 64.4 Å². The summed E-state index contributed by atoms with van der Waals surface area (Å²) in [5, 5.41) is 7.57. The standard InChI is InChI=1S/C15H14ClFN2O/c16-14-8-12(17)4-3-11(14)9-20-13-5-1-10(2-6-13)7-15(18)19/h1-6,8H,7,9H2,(H3,18,19). The van der Waals surface area contributed by atoms with Crippen molar-refractivity contribution in [2.45, 2.75) is 13.0 Å². The lowest BCUT2D eigenvalue weighted by Gasteiger charge is -2.08. The highest BCUT2D eigenvalue weighted by atomic mass is 35.5. The van der Waals surface area contributed by atoms with Gasteiger partial charge < -0.3 is 10.5 Å². The van der Waals surface area contributed by atoms with Crippen molar-refractivity contribution >= 4 is 17.4 Å². The molecule has 5 heteroatoms. The molecule has 0 bridgehead atoms. The van der Waals surface area contributed by atoms with Gasteiger partial charge in [-0.25, -0.2) is 4.39 Å². The Bertz CT molecular complexity index is 614. The van der Waals surface area contributed by atoms with E-state index in [-0.39, 0.29) is 18.3 Å². The topological polar surface area (TPSA) is 59.1 Å². The molecule has 0 aromatic heterocycles. The van der Waals surface area contributed by atoms with E-state index in [4.69, 9.17) is 27.5 Å². The molecule has 0 aliphatic rings. The zero-order valence-electron chi connectivity index (χ0n) is 10.7. The molecule has 0 saturated carbocycles. The molecule has 20 heavy (non-hydrogen) atoms. The van der Waals surface area contributed by atoms with E-state index in [0.717, 1.165) is 11.1 Å². The van der Waals surface area contributed by atoms with E-state index < -0.39 is 0 Å². The largest absolute Gasteiger partial charge is 0.489 e. The SMILES string of the molecule is N=C(N)Cc1ccc(OCc2ccc(F)cc2Cl)cc1. The highest BCUT2D eigenvalue weighted by Gasteiger charge is 2.03. The maximum atomic E-state index is 12.9. The molecular weight excluding hydrogens is 279 g/mol. The van der Waals surface area contributed by atoms with E-state index in [9.17, 15) is 4.39 Å². The summed E-state index contributed by atoms with van der Waals surface area (Å²) < 4.78 is 18.5. The highest BCUT2D eigenvalue weighted by Crippen LogP contribution is 2.20. The van der Waals surface area contributed by atoms with Crippen LogP contribution in [0.15, 0.2) is 42.5 Å². The number of ether oxygens (including phenoxy) is 1. The summed E-state index contributed by atoms with van der Waals surface area (Å²) in [6.07, 6.45) is 0.421. The van der Waals surface area contributed by atoms with Gasteiger partial charge in [-0.2, -0.15) is 0 Å². The number of nitrogens with two attached hydrogens (primary N) is 1. The van der Waals surface area contributed by atoms with Crippen molar-refractivity contribution in [2.75, 3.05) is 0 Å². The molecule has 0 spiro atoms. The Hall–Kier alpha value is -2.07. The molecule has 0 heterocycles. The Labute approximate surface area is 121 Å². The second-order valence-corrected chi connectivity index (χ2v) is 4.78. The molecule has 2 aromatic carbocycles. The van der Waals surface area contributed by atoms with Crippen LogP contribution in [-0.2, 0) is 13.0 Å². The van der Waals surface area contributed by atoms with Gasteiger partial charge in [0.1, 0.15) is 18.2 Å². The minimum absolute atomic E-state index is 0.122. The lowest BCUT2D eigenvalue weighted by molar-refractivity contribution is 0.306. The summed E-state index contributed by atoms with van der Waals surface area (Å²) in [4.78, 5) is 0. The molecule has 0 atom stereocenters. The third-order valence-electron chi connectivity index (χ3n) is 2.73. The van der Waals surface area contributed by atoms with Gasteiger partial charge in [-0.3, -0.25) is 5.41 Å². The first-order chi connectivity index (χ1) is 9.54. The molecule has 3 nitrogen and oxygen atoms in total. The maximum Gasteiger partial charge on any atom is 0.124 e. The van der Waals surface area contributed by atoms with Crippen LogP contribution in [0.1, 0.15) is 11.1 Å². The van der Waals surface area contributed by atoms with Gasteiger partial charge in [-0.1, -0.05) is 29.8 Å². The molecule has 0 unspecified atom stereocenters. The van der Waals surface area contributed by atoms with Crippen LogP contribution in [0.5, 0.6) is 5.75 Å². The van der Waals surface area contributed by atoms with Crippen LogP contribution in [0, 0.1) is 11.2 Å². The molecule has 0 saturated heterocycles. The van der Waals surface area contributed by atoms with Gasteiger partial charge in [0.05, 0.1) is 10.9 Å². The fourth-order valence-corrected chi connectivity index (χ4v) is 1.95. The van der Waals surface area contributed by atoms with E-state index in [1.807, 2.05) is 12.1 Å². The fourth-order valence-electron chi connectivity index (χ4n) is 1.72. The van der Waals surface area contributed by atoms with Crippen LogP contribution in [0.25, 0.3) is 0 Å². The lowest BCUT2D eigenvalue weighted by atomic mass is 10.1. The van der Waals surface area contributed by atoms with Crippen LogP contribution in [0.3, 0.4) is 0 Å². The number of halogens is 2. The molecule has 0 aliphatic heterocycles. The maximum absolute atomic E-state index is 12.9. The fraction of sp³-hybridized carbons (Fsp3) is 0.133. The molecular formula is C15H14ClFN2O. The Morgan fingerprint density at radius 1 is 1.20 bits per heavy atom. The predicted molar refractivity (Wildman–Crippen MR) is 77.8 cm³/mol. The Morgan fingerprint density at radius 2 is 1.90 bits per heavy atom. The Morgan fingerprint density at radius 3 is 2.50 bits per heavy atom. The van der Waals surface area contributed by atoms with E-state index in [1.165, 1.54) is 12.1 Å². The molecule has 104 valence electrons. The average Bonchev–Trinajstić information content (AvgIpc) is 2.39. The molecule has 0 amide bonds. The van der Waals surface area contributed by atoms with Crippen molar-refractivity contribution in [3.8, 4) is 5.75 Å². The van der Waals surface area contributed by atoms with Gasteiger partial charge in [-0.15, -0.1) is 0 Å². The van der Waals surface area contributed by atoms with Gasteiger partial charge in [-0.05, 0) is 29.8 Å². The minimum Gasteiger partial charge on any atom is -0.489 e. The smallest absolute Gasteiger partial charge is 0.124 e. The third kappa shape index (κ3) is 3.96. The normalized spacial score (nSPS) is 10.3. The summed E-state index contributed by atoms with van der Waals surface area (Å²) >= 11 is 5.92. The Kier molecular flexibility index (Phi) is 4.58. The zero-order chi connectivity index (χ0) is 14.5. The summed E-state index contributed by atoms with van der Waals surface area (Å²) in [6.45, 7) is 0.269. The third-order valence-corrected chi connectivity index (χ3v) is 3.08. The van der Waals surface area contributed by atoms with Gasteiger partial charge in [0, 0.05) is 12.0 Å². The van der Waals surface area contributed by atoms with Crippen LogP contribution >= 0.6 is 11.6 Å².